The number of methoxy groups -OCH3 is 1. The number of nitrogens with two attached hydrogens (primary N) is 1. The predicted octanol–water partition coefficient (Wildman–Crippen LogP) is 2.13. The first-order chi connectivity index (χ1) is 8.90. The molecule has 0 fully saturated rings. The normalized spacial score (nSPS) is 13.2. The van der Waals surface area contributed by atoms with Gasteiger partial charge in [0.1, 0.15) is 10.6 Å². The molecule has 108 valence electrons. The second kappa shape index (κ2) is 6.77. The summed E-state index contributed by atoms with van der Waals surface area (Å²) >= 11 is 0. The lowest BCUT2D eigenvalue weighted by Crippen LogP contribution is -2.32. The molecule has 0 amide bonds. The quantitative estimate of drug-likeness (QED) is 0.752. The van der Waals surface area contributed by atoms with Gasteiger partial charge in [-0.05, 0) is 25.5 Å². The van der Waals surface area contributed by atoms with E-state index in [0.29, 0.717) is 5.75 Å². The highest BCUT2D eigenvalue weighted by Crippen LogP contribution is 2.23. The first kappa shape index (κ1) is 15.8. The van der Waals surface area contributed by atoms with Gasteiger partial charge in [0.25, 0.3) is 0 Å². The van der Waals surface area contributed by atoms with Crippen LogP contribution in [0.3, 0.4) is 0 Å². The molecule has 5 nitrogen and oxygen atoms in total. The minimum absolute atomic E-state index is 0.0941. The Morgan fingerprint density at radius 2 is 2.11 bits per heavy atom. The monoisotopic (exact) mass is 286 g/mol. The maximum atomic E-state index is 12.2. The standard InChI is InChI=1S/C13H22N2O3S/c1-4-5-6-10(2)15-19(16,17)13-8-7-11(18-3)9-12(13)14/h7-10,15H,4-6,14H2,1-3H3. The molecule has 0 aliphatic heterocycles. The number of unbranched alkanes of at least 4 members (excludes halogenated alkanes) is 1. The van der Waals surface area contributed by atoms with Crippen LogP contribution in [0.15, 0.2) is 23.1 Å². The number of hydrogen-bond acceptors (Lipinski definition) is 4. The van der Waals surface area contributed by atoms with Gasteiger partial charge in [0, 0.05) is 12.1 Å². The van der Waals surface area contributed by atoms with Crippen LogP contribution in [0, 0.1) is 0 Å². The van der Waals surface area contributed by atoms with E-state index in [2.05, 4.69) is 11.6 Å². The molecule has 0 aliphatic rings. The van der Waals surface area contributed by atoms with E-state index in [9.17, 15) is 8.42 Å². The Hall–Kier alpha value is -1.27. The lowest BCUT2D eigenvalue weighted by atomic mass is 10.2. The molecule has 1 aromatic rings. The summed E-state index contributed by atoms with van der Waals surface area (Å²) < 4.78 is 32.0. The first-order valence-corrected chi connectivity index (χ1v) is 7.85. The highest BCUT2D eigenvalue weighted by Gasteiger charge is 2.20. The van der Waals surface area contributed by atoms with E-state index >= 15 is 0 Å². The lowest BCUT2D eigenvalue weighted by Gasteiger charge is -2.15. The van der Waals surface area contributed by atoms with Gasteiger partial charge in [-0.3, -0.25) is 0 Å². The molecule has 1 aromatic carbocycles. The van der Waals surface area contributed by atoms with E-state index in [1.807, 2.05) is 6.92 Å². The zero-order chi connectivity index (χ0) is 14.5. The predicted molar refractivity (Wildman–Crippen MR) is 76.7 cm³/mol. The molecule has 1 atom stereocenters. The van der Waals surface area contributed by atoms with Gasteiger partial charge < -0.3 is 10.5 Å². The van der Waals surface area contributed by atoms with Gasteiger partial charge in [0.2, 0.25) is 10.0 Å². The second-order valence-corrected chi connectivity index (χ2v) is 6.25. The number of nitrogen functional groups attached to an aromatic ring is 1. The van der Waals surface area contributed by atoms with Crippen LogP contribution in [0.5, 0.6) is 5.75 Å². The van der Waals surface area contributed by atoms with Gasteiger partial charge in [-0.15, -0.1) is 0 Å². The Bertz CT molecular complexity index is 515. The molecule has 0 spiro atoms. The topological polar surface area (TPSA) is 81.4 Å². The van der Waals surface area contributed by atoms with Gasteiger partial charge >= 0.3 is 0 Å². The van der Waals surface area contributed by atoms with Crippen LogP contribution in [0.25, 0.3) is 0 Å². The molecule has 0 saturated carbocycles. The third-order valence-corrected chi connectivity index (χ3v) is 4.52. The second-order valence-electron chi connectivity index (χ2n) is 4.57. The van der Waals surface area contributed by atoms with Crippen molar-refractivity contribution in [3.63, 3.8) is 0 Å². The molecule has 0 aromatic heterocycles. The Kier molecular flexibility index (Phi) is 5.62. The number of nitrogens with one attached hydrogen (secondary N) is 1. The molecule has 1 unspecified atom stereocenters. The van der Waals surface area contributed by atoms with Crippen LogP contribution in [0.2, 0.25) is 0 Å². The largest absolute Gasteiger partial charge is 0.497 e. The summed E-state index contributed by atoms with van der Waals surface area (Å²) in [5.74, 6) is 0.537. The van der Waals surface area contributed by atoms with Crippen molar-refractivity contribution in [3.8, 4) is 5.75 Å². The van der Waals surface area contributed by atoms with Crippen LogP contribution in [0.1, 0.15) is 33.1 Å². The summed E-state index contributed by atoms with van der Waals surface area (Å²) in [5.41, 5.74) is 5.95. The average Bonchev–Trinajstić information content (AvgIpc) is 2.35. The maximum Gasteiger partial charge on any atom is 0.242 e. The van der Waals surface area contributed by atoms with Crippen molar-refractivity contribution in [2.24, 2.45) is 0 Å². The molecular weight excluding hydrogens is 264 g/mol. The Morgan fingerprint density at radius 1 is 1.42 bits per heavy atom. The van der Waals surface area contributed by atoms with Crippen molar-refractivity contribution < 1.29 is 13.2 Å². The van der Waals surface area contributed by atoms with E-state index in [0.717, 1.165) is 19.3 Å². The lowest BCUT2D eigenvalue weighted by molar-refractivity contribution is 0.414. The van der Waals surface area contributed by atoms with E-state index in [1.54, 1.807) is 6.07 Å². The van der Waals surface area contributed by atoms with Gasteiger partial charge in [-0.25, -0.2) is 13.1 Å². The van der Waals surface area contributed by atoms with E-state index in [-0.39, 0.29) is 16.6 Å². The fourth-order valence-corrected chi connectivity index (χ4v) is 3.19. The minimum atomic E-state index is -3.58. The highest BCUT2D eigenvalue weighted by molar-refractivity contribution is 7.89. The molecule has 1 rings (SSSR count). The van der Waals surface area contributed by atoms with Crippen LogP contribution in [-0.4, -0.2) is 21.6 Å². The maximum absolute atomic E-state index is 12.2. The van der Waals surface area contributed by atoms with Gasteiger partial charge in [0.15, 0.2) is 0 Å². The highest BCUT2D eigenvalue weighted by atomic mass is 32.2. The number of benzene rings is 1. The molecule has 6 heteroatoms. The summed E-state index contributed by atoms with van der Waals surface area (Å²) in [6.45, 7) is 3.93. The van der Waals surface area contributed by atoms with Crippen molar-refractivity contribution >= 4 is 15.7 Å². The third kappa shape index (κ3) is 4.40. The van der Waals surface area contributed by atoms with Crippen molar-refractivity contribution in [3.05, 3.63) is 18.2 Å². The molecule has 0 heterocycles. The number of rotatable bonds is 7. The molecule has 0 radical (unpaired) electrons. The summed E-state index contributed by atoms with van der Waals surface area (Å²) in [5, 5.41) is 0. The van der Waals surface area contributed by atoms with E-state index < -0.39 is 10.0 Å². The molecule has 19 heavy (non-hydrogen) atoms. The van der Waals surface area contributed by atoms with Crippen LogP contribution in [-0.2, 0) is 10.0 Å². The van der Waals surface area contributed by atoms with Crippen LogP contribution >= 0.6 is 0 Å². The molecular formula is C13H22N2O3S. The fraction of sp³-hybridized carbons (Fsp3) is 0.538. The minimum Gasteiger partial charge on any atom is -0.497 e. The number of sulfonamides is 1. The summed E-state index contributed by atoms with van der Waals surface area (Å²) in [7, 11) is -2.07. The molecule has 3 N–H and O–H groups in total. The zero-order valence-electron chi connectivity index (χ0n) is 11.6. The molecule has 0 saturated heterocycles. The SMILES string of the molecule is CCCCC(C)NS(=O)(=O)c1ccc(OC)cc1N. The van der Waals surface area contributed by atoms with Crippen molar-refractivity contribution in [1.29, 1.82) is 0 Å². The summed E-state index contributed by atoms with van der Waals surface area (Å²) in [4.78, 5) is 0.0941. The van der Waals surface area contributed by atoms with Gasteiger partial charge in [-0.2, -0.15) is 0 Å². The Labute approximate surface area is 115 Å². The zero-order valence-corrected chi connectivity index (χ0v) is 12.5. The summed E-state index contributed by atoms with van der Waals surface area (Å²) in [6.07, 6.45) is 2.84. The summed E-state index contributed by atoms with van der Waals surface area (Å²) in [6, 6.07) is 4.45. The number of hydrogen-bond donors (Lipinski definition) is 2. The smallest absolute Gasteiger partial charge is 0.242 e. The Balaban J connectivity index is 2.88. The van der Waals surface area contributed by atoms with Crippen molar-refractivity contribution in [2.45, 2.75) is 44.0 Å². The van der Waals surface area contributed by atoms with Crippen LogP contribution in [0.4, 0.5) is 5.69 Å². The number of anilines is 1. The van der Waals surface area contributed by atoms with Gasteiger partial charge in [0.05, 0.1) is 12.8 Å². The average molecular weight is 286 g/mol. The van der Waals surface area contributed by atoms with E-state index in [1.165, 1.54) is 19.2 Å². The van der Waals surface area contributed by atoms with Crippen molar-refractivity contribution in [2.75, 3.05) is 12.8 Å². The van der Waals surface area contributed by atoms with Crippen LogP contribution < -0.4 is 15.2 Å². The Morgan fingerprint density at radius 3 is 2.63 bits per heavy atom. The van der Waals surface area contributed by atoms with Gasteiger partial charge in [-0.1, -0.05) is 19.8 Å². The molecule has 0 bridgehead atoms. The first-order valence-electron chi connectivity index (χ1n) is 6.36. The van der Waals surface area contributed by atoms with Crippen molar-refractivity contribution in [1.82, 2.24) is 4.72 Å². The number of ether oxygens (including phenoxy) is 1. The third-order valence-electron chi connectivity index (χ3n) is 2.85. The molecule has 0 aliphatic carbocycles. The fourth-order valence-electron chi connectivity index (χ4n) is 1.80. The van der Waals surface area contributed by atoms with E-state index in [4.69, 9.17) is 10.5 Å².